The van der Waals surface area contributed by atoms with Crippen molar-refractivity contribution in [2.45, 2.75) is 25.8 Å². The zero-order valence-electron chi connectivity index (χ0n) is 10.9. The van der Waals surface area contributed by atoms with Crippen molar-refractivity contribution in [3.63, 3.8) is 0 Å². The minimum absolute atomic E-state index is 0.130. The van der Waals surface area contributed by atoms with Crippen molar-refractivity contribution in [3.05, 3.63) is 0 Å². The van der Waals surface area contributed by atoms with Crippen molar-refractivity contribution in [1.82, 2.24) is 10.6 Å². The molecule has 1 amide bonds. The molecule has 1 heterocycles. The van der Waals surface area contributed by atoms with Crippen LogP contribution < -0.4 is 10.6 Å². The Morgan fingerprint density at radius 2 is 2.22 bits per heavy atom. The van der Waals surface area contributed by atoms with E-state index < -0.39 is 12.0 Å². The van der Waals surface area contributed by atoms with E-state index >= 15 is 0 Å². The highest BCUT2D eigenvalue weighted by Gasteiger charge is 2.31. The Kier molecular flexibility index (Phi) is 6.07. The Hall–Kier alpha value is -1.14. The van der Waals surface area contributed by atoms with Gasteiger partial charge >= 0.3 is 5.97 Å². The molecule has 0 aliphatic carbocycles. The standard InChI is InChI=1S/C12H22N2O4/c1-8-6-13-7-9(8)11(15)14-10(12(16)17)4-3-5-18-2/h8-10,13H,3-7H2,1-2H3,(H,14,15)(H,16,17). The van der Waals surface area contributed by atoms with Crippen LogP contribution in [0, 0.1) is 11.8 Å². The maximum Gasteiger partial charge on any atom is 0.326 e. The molecular weight excluding hydrogens is 236 g/mol. The molecule has 18 heavy (non-hydrogen) atoms. The van der Waals surface area contributed by atoms with Crippen LogP contribution in [0.1, 0.15) is 19.8 Å². The maximum absolute atomic E-state index is 12.0. The van der Waals surface area contributed by atoms with Gasteiger partial charge in [0.2, 0.25) is 5.91 Å². The summed E-state index contributed by atoms with van der Waals surface area (Å²) in [6.07, 6.45) is 1.01. The molecule has 0 saturated carbocycles. The van der Waals surface area contributed by atoms with Gasteiger partial charge in [0, 0.05) is 20.3 Å². The lowest BCUT2D eigenvalue weighted by molar-refractivity contribution is -0.142. The molecule has 6 heteroatoms. The number of carbonyl (C=O) groups excluding carboxylic acids is 1. The Bertz CT molecular complexity index is 296. The lowest BCUT2D eigenvalue weighted by Gasteiger charge is -2.19. The van der Waals surface area contributed by atoms with Crippen LogP contribution in [-0.2, 0) is 14.3 Å². The van der Waals surface area contributed by atoms with Crippen LogP contribution in [0.2, 0.25) is 0 Å². The molecule has 0 aromatic heterocycles. The summed E-state index contributed by atoms with van der Waals surface area (Å²) in [6, 6.07) is -0.819. The van der Waals surface area contributed by atoms with E-state index in [9.17, 15) is 9.59 Å². The minimum atomic E-state index is -0.988. The number of hydrogen-bond acceptors (Lipinski definition) is 4. The van der Waals surface area contributed by atoms with Crippen LogP contribution >= 0.6 is 0 Å². The first-order valence-electron chi connectivity index (χ1n) is 6.29. The van der Waals surface area contributed by atoms with E-state index in [1.54, 1.807) is 7.11 Å². The molecule has 104 valence electrons. The van der Waals surface area contributed by atoms with Gasteiger partial charge in [-0.1, -0.05) is 6.92 Å². The zero-order valence-corrected chi connectivity index (χ0v) is 10.9. The molecule has 3 unspecified atom stereocenters. The molecule has 0 aromatic rings. The smallest absolute Gasteiger partial charge is 0.326 e. The Labute approximate surface area is 107 Å². The van der Waals surface area contributed by atoms with Crippen LogP contribution in [0.5, 0.6) is 0 Å². The van der Waals surface area contributed by atoms with Crippen LogP contribution in [-0.4, -0.2) is 49.8 Å². The van der Waals surface area contributed by atoms with Gasteiger partial charge in [-0.3, -0.25) is 4.79 Å². The molecule has 1 aliphatic rings. The van der Waals surface area contributed by atoms with Gasteiger partial charge in [-0.05, 0) is 25.3 Å². The van der Waals surface area contributed by atoms with E-state index in [-0.39, 0.29) is 17.7 Å². The van der Waals surface area contributed by atoms with E-state index in [2.05, 4.69) is 10.6 Å². The van der Waals surface area contributed by atoms with Crippen molar-refractivity contribution >= 4 is 11.9 Å². The molecule has 6 nitrogen and oxygen atoms in total. The summed E-state index contributed by atoms with van der Waals surface area (Å²) in [5.74, 6) is -1.04. The van der Waals surface area contributed by atoms with E-state index in [0.717, 1.165) is 6.54 Å². The largest absolute Gasteiger partial charge is 0.480 e. The number of aliphatic carboxylic acids is 1. The second-order valence-electron chi connectivity index (χ2n) is 4.78. The summed E-state index contributed by atoms with van der Waals surface area (Å²) in [4.78, 5) is 23.0. The summed E-state index contributed by atoms with van der Waals surface area (Å²) >= 11 is 0. The number of rotatable bonds is 7. The Balaban J connectivity index is 2.44. The van der Waals surface area contributed by atoms with Gasteiger partial charge in [0.25, 0.3) is 0 Å². The monoisotopic (exact) mass is 258 g/mol. The number of ether oxygens (including phenoxy) is 1. The predicted molar refractivity (Wildman–Crippen MR) is 66.2 cm³/mol. The molecule has 1 fully saturated rings. The van der Waals surface area contributed by atoms with Crippen LogP contribution in [0.15, 0.2) is 0 Å². The van der Waals surface area contributed by atoms with Crippen molar-refractivity contribution in [1.29, 1.82) is 0 Å². The average Bonchev–Trinajstić information content (AvgIpc) is 2.74. The third-order valence-electron chi connectivity index (χ3n) is 3.31. The fourth-order valence-electron chi connectivity index (χ4n) is 2.13. The first-order chi connectivity index (χ1) is 8.56. The quantitative estimate of drug-likeness (QED) is 0.552. The second kappa shape index (κ2) is 7.33. The highest BCUT2D eigenvalue weighted by atomic mass is 16.5. The minimum Gasteiger partial charge on any atom is -0.480 e. The van der Waals surface area contributed by atoms with E-state index in [0.29, 0.717) is 26.0 Å². The molecule has 1 saturated heterocycles. The Morgan fingerprint density at radius 1 is 1.50 bits per heavy atom. The second-order valence-corrected chi connectivity index (χ2v) is 4.78. The predicted octanol–water partition coefficient (Wildman–Crippen LogP) is -0.162. The third-order valence-corrected chi connectivity index (χ3v) is 3.31. The maximum atomic E-state index is 12.0. The van der Waals surface area contributed by atoms with E-state index in [4.69, 9.17) is 9.84 Å². The molecule has 3 atom stereocenters. The molecule has 3 N–H and O–H groups in total. The van der Waals surface area contributed by atoms with Gasteiger partial charge in [0.05, 0.1) is 5.92 Å². The topological polar surface area (TPSA) is 87.7 Å². The van der Waals surface area contributed by atoms with Gasteiger partial charge in [0.1, 0.15) is 6.04 Å². The van der Waals surface area contributed by atoms with Gasteiger partial charge < -0.3 is 20.5 Å². The van der Waals surface area contributed by atoms with Crippen molar-refractivity contribution < 1.29 is 19.4 Å². The van der Waals surface area contributed by atoms with E-state index in [1.165, 1.54) is 0 Å². The lowest BCUT2D eigenvalue weighted by Crippen LogP contribution is -2.45. The highest BCUT2D eigenvalue weighted by molar-refractivity contribution is 5.85. The molecule has 1 aliphatic heterocycles. The molecule has 0 radical (unpaired) electrons. The molecule has 1 rings (SSSR count). The lowest BCUT2D eigenvalue weighted by atomic mass is 9.96. The fourth-order valence-corrected chi connectivity index (χ4v) is 2.13. The van der Waals surface area contributed by atoms with Crippen molar-refractivity contribution in [3.8, 4) is 0 Å². The number of amides is 1. The SMILES string of the molecule is COCCCC(NC(=O)C1CNCC1C)C(=O)O. The van der Waals surface area contributed by atoms with Gasteiger partial charge in [-0.15, -0.1) is 0 Å². The average molecular weight is 258 g/mol. The number of carboxylic acids is 1. The van der Waals surface area contributed by atoms with Crippen LogP contribution in [0.4, 0.5) is 0 Å². The fraction of sp³-hybridized carbons (Fsp3) is 0.833. The van der Waals surface area contributed by atoms with Gasteiger partial charge in [0.15, 0.2) is 0 Å². The summed E-state index contributed by atoms with van der Waals surface area (Å²) < 4.78 is 4.88. The van der Waals surface area contributed by atoms with Crippen LogP contribution in [0.3, 0.4) is 0 Å². The first kappa shape index (κ1) is 14.9. The van der Waals surface area contributed by atoms with Crippen molar-refractivity contribution in [2.24, 2.45) is 11.8 Å². The van der Waals surface area contributed by atoms with Gasteiger partial charge in [-0.2, -0.15) is 0 Å². The van der Waals surface area contributed by atoms with Crippen LogP contribution in [0.25, 0.3) is 0 Å². The normalized spacial score (nSPS) is 24.8. The summed E-state index contributed by atoms with van der Waals surface area (Å²) in [5, 5.41) is 14.8. The van der Waals surface area contributed by atoms with Gasteiger partial charge in [-0.25, -0.2) is 4.79 Å². The number of carboxylic acid groups (broad SMARTS) is 1. The molecule has 0 aromatic carbocycles. The first-order valence-corrected chi connectivity index (χ1v) is 6.29. The molecule has 0 bridgehead atoms. The number of methoxy groups -OCH3 is 1. The molecule has 0 spiro atoms. The molecular formula is C12H22N2O4. The Morgan fingerprint density at radius 3 is 2.72 bits per heavy atom. The third kappa shape index (κ3) is 4.27. The summed E-state index contributed by atoms with van der Waals surface area (Å²) in [6.45, 7) is 3.92. The zero-order chi connectivity index (χ0) is 13.5. The number of hydrogen-bond donors (Lipinski definition) is 3. The summed E-state index contributed by atoms with van der Waals surface area (Å²) in [7, 11) is 1.57. The number of carbonyl (C=O) groups is 2. The van der Waals surface area contributed by atoms with Crippen molar-refractivity contribution in [2.75, 3.05) is 26.8 Å². The number of nitrogens with one attached hydrogen (secondary N) is 2. The van der Waals surface area contributed by atoms with E-state index in [1.807, 2.05) is 6.92 Å². The highest BCUT2D eigenvalue weighted by Crippen LogP contribution is 2.16. The summed E-state index contributed by atoms with van der Waals surface area (Å²) in [5.41, 5.74) is 0.